The minimum absolute atomic E-state index is 0.0484. The van der Waals surface area contributed by atoms with Crippen LogP contribution in [0.15, 0.2) is 28.9 Å². The van der Waals surface area contributed by atoms with Crippen LogP contribution in [0.1, 0.15) is 40.0 Å². The molecule has 22 heavy (non-hydrogen) atoms. The Kier molecular flexibility index (Phi) is 4.49. The number of carbonyl (C=O) groups is 1. The van der Waals surface area contributed by atoms with Gasteiger partial charge in [0.15, 0.2) is 0 Å². The van der Waals surface area contributed by atoms with Gasteiger partial charge in [0.2, 0.25) is 5.91 Å². The summed E-state index contributed by atoms with van der Waals surface area (Å²) in [4.78, 5) is 17.4. The second-order valence-electron chi connectivity index (χ2n) is 7.18. The van der Waals surface area contributed by atoms with E-state index in [1.807, 2.05) is 18.0 Å². The number of amides is 1. The fourth-order valence-electron chi connectivity index (χ4n) is 4.05. The highest BCUT2D eigenvalue weighted by molar-refractivity contribution is 8.01. The van der Waals surface area contributed by atoms with Crippen LogP contribution < -0.4 is 5.32 Å². The molecule has 1 amide bonds. The molecule has 0 aromatic rings. The number of thioether (sulfide) groups is 1. The van der Waals surface area contributed by atoms with Crippen molar-refractivity contribution in [1.82, 2.24) is 5.32 Å². The first kappa shape index (κ1) is 15.9. The van der Waals surface area contributed by atoms with Crippen LogP contribution in [-0.2, 0) is 4.79 Å². The van der Waals surface area contributed by atoms with Gasteiger partial charge in [0.25, 0.3) is 0 Å². The van der Waals surface area contributed by atoms with Gasteiger partial charge in [0.05, 0.1) is 16.4 Å². The Morgan fingerprint density at radius 3 is 3.09 bits per heavy atom. The Balaban J connectivity index is 1.72. The molecule has 0 aromatic carbocycles. The maximum atomic E-state index is 12.8. The summed E-state index contributed by atoms with van der Waals surface area (Å²) in [6.45, 7) is 6.52. The zero-order valence-electron chi connectivity index (χ0n) is 13.7. The second-order valence-corrected chi connectivity index (χ2v) is 8.53. The molecule has 3 nitrogen and oxygen atoms in total. The van der Waals surface area contributed by atoms with Crippen LogP contribution in [0.5, 0.6) is 0 Å². The molecule has 2 heterocycles. The summed E-state index contributed by atoms with van der Waals surface area (Å²) in [6, 6.07) is 0.257. The van der Waals surface area contributed by atoms with Crippen molar-refractivity contribution in [2.45, 2.75) is 50.8 Å². The van der Waals surface area contributed by atoms with Crippen LogP contribution in [0.2, 0.25) is 0 Å². The monoisotopic (exact) mass is 318 g/mol. The summed E-state index contributed by atoms with van der Waals surface area (Å²) in [5.74, 6) is 2.27. The van der Waals surface area contributed by atoms with Crippen LogP contribution in [0.4, 0.5) is 0 Å². The number of rotatable bonds is 4. The minimum atomic E-state index is 0.0484. The number of hydrogen-bond acceptors (Lipinski definition) is 3. The molecule has 4 atom stereocenters. The van der Waals surface area contributed by atoms with E-state index in [4.69, 9.17) is 0 Å². The zero-order chi connectivity index (χ0) is 15.7. The first-order chi connectivity index (χ1) is 10.5. The lowest BCUT2D eigenvalue weighted by molar-refractivity contribution is -0.126. The maximum Gasteiger partial charge on any atom is 0.224 e. The van der Waals surface area contributed by atoms with Crippen molar-refractivity contribution < 1.29 is 4.79 Å². The van der Waals surface area contributed by atoms with Gasteiger partial charge in [0.1, 0.15) is 0 Å². The Morgan fingerprint density at radius 2 is 2.32 bits per heavy atom. The summed E-state index contributed by atoms with van der Waals surface area (Å²) in [7, 11) is 0. The predicted molar refractivity (Wildman–Crippen MR) is 94.2 cm³/mol. The summed E-state index contributed by atoms with van der Waals surface area (Å²) >= 11 is 1.94. The van der Waals surface area contributed by atoms with Gasteiger partial charge in [0, 0.05) is 18.0 Å². The molecule has 0 aromatic heterocycles. The van der Waals surface area contributed by atoms with E-state index in [1.54, 1.807) is 0 Å². The number of hydrogen-bond donors (Lipinski definition) is 1. The van der Waals surface area contributed by atoms with Gasteiger partial charge in [-0.2, -0.15) is 0 Å². The molecule has 1 saturated heterocycles. The summed E-state index contributed by atoms with van der Waals surface area (Å²) in [6.07, 6.45) is 11.4. The molecule has 1 N–H and O–H groups in total. The first-order valence-corrected chi connectivity index (χ1v) is 9.35. The Hall–Kier alpha value is -1.03. The second kappa shape index (κ2) is 6.23. The van der Waals surface area contributed by atoms with Gasteiger partial charge in [-0.1, -0.05) is 26.0 Å². The highest BCUT2D eigenvalue weighted by Gasteiger charge is 2.54. The van der Waals surface area contributed by atoms with Crippen LogP contribution >= 0.6 is 11.8 Å². The Morgan fingerprint density at radius 1 is 1.50 bits per heavy atom. The largest absolute Gasteiger partial charge is 0.353 e. The Labute approximate surface area is 137 Å². The topological polar surface area (TPSA) is 41.5 Å². The van der Waals surface area contributed by atoms with Gasteiger partial charge in [-0.3, -0.25) is 9.79 Å². The van der Waals surface area contributed by atoms with Crippen LogP contribution in [0.25, 0.3) is 0 Å². The van der Waals surface area contributed by atoms with Crippen molar-refractivity contribution in [3.05, 3.63) is 23.9 Å². The average Bonchev–Trinajstić information content (AvgIpc) is 2.83. The molecular weight excluding hydrogens is 292 g/mol. The van der Waals surface area contributed by atoms with E-state index in [0.717, 1.165) is 25.0 Å². The number of nitrogens with one attached hydrogen (secondary N) is 1. The number of allylic oxidation sites excluding steroid dienone is 3. The van der Waals surface area contributed by atoms with Gasteiger partial charge in [-0.05, 0) is 44.1 Å². The third kappa shape index (κ3) is 2.78. The zero-order valence-corrected chi connectivity index (χ0v) is 14.5. The Bertz CT molecular complexity index is 537. The van der Waals surface area contributed by atoms with Crippen LogP contribution in [-0.4, -0.2) is 28.7 Å². The van der Waals surface area contributed by atoms with E-state index in [2.05, 4.69) is 49.3 Å². The van der Waals surface area contributed by atoms with E-state index in [0.29, 0.717) is 11.8 Å². The molecule has 1 spiro atoms. The van der Waals surface area contributed by atoms with Crippen molar-refractivity contribution in [3.8, 4) is 0 Å². The third-order valence-corrected chi connectivity index (χ3v) is 6.71. The molecule has 1 fully saturated rings. The van der Waals surface area contributed by atoms with Gasteiger partial charge >= 0.3 is 0 Å². The van der Waals surface area contributed by atoms with Crippen molar-refractivity contribution in [2.75, 3.05) is 5.75 Å². The minimum Gasteiger partial charge on any atom is -0.353 e. The number of carbonyl (C=O) groups excluding carboxylic acids is 1. The summed E-state index contributed by atoms with van der Waals surface area (Å²) in [5, 5.41) is 3.24. The molecule has 0 radical (unpaired) electrons. The number of aliphatic imine (C=N–C) groups is 1. The van der Waals surface area contributed by atoms with Crippen molar-refractivity contribution >= 4 is 23.9 Å². The molecule has 1 aliphatic carbocycles. The van der Waals surface area contributed by atoms with E-state index in [1.165, 1.54) is 5.70 Å². The highest BCUT2D eigenvalue weighted by atomic mass is 32.2. The standard InChI is InChI=1S/C18H26N2OS/c1-12(2)10-13(3)20-17(21)14-11-22-18-8-5-4-6-16(18)19-9-7-15(14)18/h4-6,9,12-15H,7-8,10-11H2,1-3H3,(H,20,21). The van der Waals surface area contributed by atoms with Crippen LogP contribution in [0, 0.1) is 17.8 Å². The van der Waals surface area contributed by atoms with Gasteiger partial charge < -0.3 is 5.32 Å². The molecule has 0 saturated carbocycles. The highest BCUT2D eigenvalue weighted by Crippen LogP contribution is 2.57. The van der Waals surface area contributed by atoms with E-state index >= 15 is 0 Å². The predicted octanol–water partition coefficient (Wildman–Crippen LogP) is 3.57. The fourth-order valence-corrected chi connectivity index (χ4v) is 5.87. The lowest BCUT2D eigenvalue weighted by Gasteiger charge is -2.39. The SMILES string of the molecule is CC(C)CC(C)NC(=O)C1CSC23CC=CC=C2N=CCC13. The lowest BCUT2D eigenvalue weighted by atomic mass is 9.73. The van der Waals surface area contributed by atoms with E-state index in [9.17, 15) is 4.79 Å². The smallest absolute Gasteiger partial charge is 0.224 e. The van der Waals surface area contributed by atoms with Gasteiger partial charge in [-0.15, -0.1) is 11.8 Å². The molecule has 120 valence electrons. The molecule has 0 bridgehead atoms. The first-order valence-electron chi connectivity index (χ1n) is 8.37. The quantitative estimate of drug-likeness (QED) is 0.861. The summed E-state index contributed by atoms with van der Waals surface area (Å²) in [5.41, 5.74) is 1.17. The lowest BCUT2D eigenvalue weighted by Crippen LogP contribution is -2.45. The van der Waals surface area contributed by atoms with E-state index < -0.39 is 0 Å². The normalized spacial score (nSPS) is 34.1. The summed E-state index contributed by atoms with van der Waals surface area (Å²) < 4.78 is 0.0484. The van der Waals surface area contributed by atoms with Crippen molar-refractivity contribution in [2.24, 2.45) is 22.7 Å². The molecular formula is C18H26N2OS. The van der Waals surface area contributed by atoms with Crippen molar-refractivity contribution in [1.29, 1.82) is 0 Å². The van der Waals surface area contributed by atoms with Crippen LogP contribution in [0.3, 0.4) is 0 Å². The molecule has 4 heteroatoms. The molecule has 3 aliphatic rings. The third-order valence-electron chi connectivity index (χ3n) is 4.99. The van der Waals surface area contributed by atoms with Crippen molar-refractivity contribution in [3.63, 3.8) is 0 Å². The molecule has 3 rings (SSSR count). The average molecular weight is 318 g/mol. The fraction of sp³-hybridized carbons (Fsp3) is 0.667. The maximum absolute atomic E-state index is 12.8. The molecule has 2 aliphatic heterocycles. The van der Waals surface area contributed by atoms with Gasteiger partial charge in [-0.25, -0.2) is 0 Å². The number of nitrogens with zero attached hydrogens (tertiary/aromatic N) is 1. The van der Waals surface area contributed by atoms with E-state index in [-0.39, 0.29) is 22.6 Å². The molecule has 4 unspecified atom stereocenters.